The van der Waals surface area contributed by atoms with Crippen molar-refractivity contribution in [2.24, 2.45) is 0 Å². The molecule has 2 bridgehead atoms. The predicted molar refractivity (Wildman–Crippen MR) is 86.4 cm³/mol. The van der Waals surface area contributed by atoms with Gasteiger partial charge in [-0.1, -0.05) is 6.07 Å². The lowest BCUT2D eigenvalue weighted by Crippen LogP contribution is -2.17. The Kier molecular flexibility index (Phi) is 2.29. The van der Waals surface area contributed by atoms with Crippen molar-refractivity contribution in [3.63, 3.8) is 0 Å². The van der Waals surface area contributed by atoms with Crippen LogP contribution >= 0.6 is 0 Å². The van der Waals surface area contributed by atoms with E-state index in [-0.39, 0.29) is 11.8 Å². The number of hydrogen-bond acceptors (Lipinski definition) is 5. The number of para-hydroxylation sites is 1. The number of aromatic hydroxyl groups is 2. The molecule has 5 rings (SSSR count). The van der Waals surface area contributed by atoms with E-state index in [0.717, 1.165) is 12.8 Å². The van der Waals surface area contributed by atoms with E-state index in [1.807, 2.05) is 32.0 Å². The molecule has 2 aliphatic rings. The third kappa shape index (κ3) is 1.43. The molecule has 2 unspecified atom stereocenters. The quantitative estimate of drug-likeness (QED) is 0.714. The summed E-state index contributed by atoms with van der Waals surface area (Å²) in [5.41, 5.74) is 2.07. The number of hydrogen-bond donors (Lipinski definition) is 2. The summed E-state index contributed by atoms with van der Waals surface area (Å²) in [4.78, 5) is 4.40. The minimum absolute atomic E-state index is 0.0154. The molecule has 0 amide bonds. The highest BCUT2D eigenvalue weighted by Crippen LogP contribution is 2.64. The Balaban J connectivity index is 1.86. The topological polar surface area (TPSA) is 80.7 Å². The first-order valence-corrected chi connectivity index (χ1v) is 8.08. The minimum atomic E-state index is -0.565. The summed E-state index contributed by atoms with van der Waals surface area (Å²) >= 11 is 0. The molecule has 2 N–H and O–H groups in total. The normalized spacial score (nSPS) is 28.0. The third-order valence-electron chi connectivity index (χ3n) is 5.45. The van der Waals surface area contributed by atoms with E-state index < -0.39 is 11.2 Å². The summed E-state index contributed by atoms with van der Waals surface area (Å²) < 4.78 is 13.2. The lowest BCUT2D eigenvalue weighted by molar-refractivity contribution is -0.0683. The highest BCUT2D eigenvalue weighted by molar-refractivity contribution is 5.83. The molecule has 2 aromatic heterocycles. The van der Waals surface area contributed by atoms with Gasteiger partial charge in [-0.3, -0.25) is 0 Å². The standard InChI is InChI=1S/C18H18N2O4/c1-9-19-14-10(5-4-6-11(14)23-9)20-15(21)12-13(16(20)22)18(3)8-7-17(12,2)24-18/h4-6,21-22H,7-8H2,1-3H3. The first kappa shape index (κ1) is 13.9. The molecule has 2 aliphatic heterocycles. The van der Waals surface area contributed by atoms with Gasteiger partial charge in [0.1, 0.15) is 5.52 Å². The Morgan fingerprint density at radius 3 is 2.33 bits per heavy atom. The Labute approximate surface area is 138 Å². The number of aryl methyl sites for hydroxylation is 1. The molecule has 24 heavy (non-hydrogen) atoms. The van der Waals surface area contributed by atoms with Gasteiger partial charge in [-0.25, -0.2) is 9.55 Å². The van der Waals surface area contributed by atoms with Crippen LogP contribution < -0.4 is 0 Å². The van der Waals surface area contributed by atoms with E-state index in [9.17, 15) is 10.2 Å². The zero-order valence-corrected chi connectivity index (χ0v) is 13.8. The van der Waals surface area contributed by atoms with Gasteiger partial charge in [0.2, 0.25) is 11.8 Å². The van der Waals surface area contributed by atoms with Crippen LogP contribution in [0.25, 0.3) is 16.8 Å². The number of fused-ring (bicyclic) bond motifs is 6. The second kappa shape index (κ2) is 3.95. The molecule has 3 aromatic rings. The Hall–Kier alpha value is -2.47. The van der Waals surface area contributed by atoms with Crippen LogP contribution in [-0.2, 0) is 15.9 Å². The van der Waals surface area contributed by atoms with Gasteiger partial charge in [0.05, 0.1) is 28.0 Å². The lowest BCUT2D eigenvalue weighted by Gasteiger charge is -2.21. The van der Waals surface area contributed by atoms with Gasteiger partial charge in [0.15, 0.2) is 11.5 Å². The zero-order chi connectivity index (χ0) is 16.9. The number of rotatable bonds is 1. The van der Waals surface area contributed by atoms with E-state index in [1.165, 1.54) is 4.57 Å². The number of nitrogens with zero attached hydrogens (tertiary/aromatic N) is 2. The number of benzene rings is 1. The van der Waals surface area contributed by atoms with E-state index >= 15 is 0 Å². The molecule has 1 saturated heterocycles. The molecule has 1 fully saturated rings. The van der Waals surface area contributed by atoms with Crippen LogP contribution in [0.3, 0.4) is 0 Å². The molecule has 0 spiro atoms. The minimum Gasteiger partial charge on any atom is -0.494 e. The van der Waals surface area contributed by atoms with Crippen LogP contribution in [0.4, 0.5) is 0 Å². The summed E-state index contributed by atoms with van der Waals surface area (Å²) in [5.74, 6) is 0.571. The van der Waals surface area contributed by atoms with E-state index in [2.05, 4.69) is 4.98 Å². The Morgan fingerprint density at radius 2 is 1.71 bits per heavy atom. The van der Waals surface area contributed by atoms with E-state index in [4.69, 9.17) is 9.15 Å². The van der Waals surface area contributed by atoms with Crippen molar-refractivity contribution in [2.75, 3.05) is 0 Å². The maximum Gasteiger partial charge on any atom is 0.205 e. The summed E-state index contributed by atoms with van der Waals surface area (Å²) in [5, 5.41) is 21.8. The monoisotopic (exact) mass is 326 g/mol. The van der Waals surface area contributed by atoms with Gasteiger partial charge >= 0.3 is 0 Å². The fourth-order valence-corrected chi connectivity index (χ4v) is 4.43. The second-order valence-corrected chi connectivity index (χ2v) is 7.15. The molecule has 4 heterocycles. The maximum absolute atomic E-state index is 10.9. The smallest absolute Gasteiger partial charge is 0.205 e. The van der Waals surface area contributed by atoms with Gasteiger partial charge < -0.3 is 19.4 Å². The molecule has 124 valence electrons. The molecule has 6 nitrogen and oxygen atoms in total. The highest BCUT2D eigenvalue weighted by atomic mass is 16.5. The predicted octanol–water partition coefficient (Wildman–Crippen LogP) is 3.59. The number of aromatic nitrogens is 2. The van der Waals surface area contributed by atoms with Crippen LogP contribution in [0.15, 0.2) is 22.6 Å². The van der Waals surface area contributed by atoms with Crippen molar-refractivity contribution in [1.82, 2.24) is 9.55 Å². The summed E-state index contributed by atoms with van der Waals surface area (Å²) in [6.07, 6.45) is 1.64. The van der Waals surface area contributed by atoms with Crippen LogP contribution in [0.5, 0.6) is 11.8 Å². The summed E-state index contributed by atoms with van der Waals surface area (Å²) in [6, 6.07) is 5.45. The summed E-state index contributed by atoms with van der Waals surface area (Å²) in [7, 11) is 0. The number of oxazole rings is 1. The van der Waals surface area contributed by atoms with Crippen LogP contribution in [-0.4, -0.2) is 19.8 Å². The molecule has 0 aliphatic carbocycles. The average molecular weight is 326 g/mol. The third-order valence-corrected chi connectivity index (χ3v) is 5.45. The highest BCUT2D eigenvalue weighted by Gasteiger charge is 2.59. The van der Waals surface area contributed by atoms with Gasteiger partial charge in [-0.2, -0.15) is 0 Å². The fourth-order valence-electron chi connectivity index (χ4n) is 4.43. The van der Waals surface area contributed by atoms with Crippen molar-refractivity contribution < 1.29 is 19.4 Å². The molecule has 0 radical (unpaired) electrons. The van der Waals surface area contributed by atoms with Gasteiger partial charge in [0.25, 0.3) is 0 Å². The van der Waals surface area contributed by atoms with Crippen molar-refractivity contribution >= 4 is 11.1 Å². The van der Waals surface area contributed by atoms with Crippen LogP contribution in [0, 0.1) is 6.92 Å². The van der Waals surface area contributed by atoms with Crippen molar-refractivity contribution in [3.8, 4) is 17.4 Å². The zero-order valence-electron chi connectivity index (χ0n) is 13.8. The van der Waals surface area contributed by atoms with E-state index in [1.54, 1.807) is 6.92 Å². The average Bonchev–Trinajstić information content (AvgIpc) is 3.17. The first-order valence-electron chi connectivity index (χ1n) is 8.08. The SMILES string of the molecule is Cc1nc2c(-n3c(O)c4c(c3O)C3(C)CCC4(C)O3)cccc2o1. The maximum atomic E-state index is 10.9. The second-order valence-electron chi connectivity index (χ2n) is 7.15. The summed E-state index contributed by atoms with van der Waals surface area (Å²) in [6.45, 7) is 5.71. The van der Waals surface area contributed by atoms with Gasteiger partial charge in [0, 0.05) is 6.92 Å². The fraction of sp³-hybridized carbons (Fsp3) is 0.389. The van der Waals surface area contributed by atoms with Crippen LogP contribution in [0.1, 0.15) is 43.7 Å². The van der Waals surface area contributed by atoms with Crippen molar-refractivity contribution in [3.05, 3.63) is 35.2 Å². The molecular weight excluding hydrogens is 308 g/mol. The number of ether oxygens (including phenoxy) is 1. The van der Waals surface area contributed by atoms with Gasteiger partial charge in [-0.15, -0.1) is 0 Å². The van der Waals surface area contributed by atoms with E-state index in [0.29, 0.717) is 33.8 Å². The Morgan fingerprint density at radius 1 is 1.08 bits per heavy atom. The first-order chi connectivity index (χ1) is 11.3. The van der Waals surface area contributed by atoms with Crippen molar-refractivity contribution in [2.45, 2.75) is 44.8 Å². The Bertz CT molecular complexity index is 978. The van der Waals surface area contributed by atoms with Crippen molar-refractivity contribution in [1.29, 1.82) is 0 Å². The molecule has 6 heteroatoms. The largest absolute Gasteiger partial charge is 0.494 e. The molecule has 0 saturated carbocycles. The lowest BCUT2D eigenvalue weighted by atomic mass is 9.80. The molecular formula is C18H18N2O4. The molecule has 2 atom stereocenters. The molecule has 1 aromatic carbocycles. The van der Waals surface area contributed by atoms with Gasteiger partial charge in [-0.05, 0) is 38.8 Å². The van der Waals surface area contributed by atoms with Crippen LogP contribution in [0.2, 0.25) is 0 Å².